The average molecular weight is 237 g/mol. The van der Waals surface area contributed by atoms with Gasteiger partial charge in [-0.1, -0.05) is 6.92 Å². The molecule has 3 aliphatic rings. The van der Waals surface area contributed by atoms with Crippen LogP contribution in [-0.4, -0.2) is 31.1 Å². The molecule has 3 unspecified atom stereocenters. The maximum atomic E-state index is 12.5. The third-order valence-corrected chi connectivity index (χ3v) is 5.04. The first-order valence-electron chi connectivity index (χ1n) is 7.09. The van der Waals surface area contributed by atoms with Crippen LogP contribution in [0.15, 0.2) is 0 Å². The Morgan fingerprint density at radius 3 is 2.76 bits per heavy atom. The summed E-state index contributed by atoms with van der Waals surface area (Å²) >= 11 is 0. The van der Waals surface area contributed by atoms with Crippen molar-refractivity contribution in [2.24, 2.45) is 17.8 Å². The lowest BCUT2D eigenvalue weighted by molar-refractivity contribution is -0.158. The van der Waals surface area contributed by atoms with Crippen LogP contribution < -0.4 is 5.32 Å². The van der Waals surface area contributed by atoms with Crippen molar-refractivity contribution < 1.29 is 9.53 Å². The van der Waals surface area contributed by atoms with Crippen LogP contribution in [0, 0.1) is 17.8 Å². The molecule has 3 fully saturated rings. The molecule has 1 N–H and O–H groups in total. The highest BCUT2D eigenvalue weighted by atomic mass is 16.5. The second-order valence-electron chi connectivity index (χ2n) is 6.22. The summed E-state index contributed by atoms with van der Waals surface area (Å²) < 4.78 is 5.90. The fourth-order valence-corrected chi connectivity index (χ4v) is 3.68. The van der Waals surface area contributed by atoms with Crippen LogP contribution in [0.25, 0.3) is 0 Å². The van der Waals surface area contributed by atoms with E-state index < -0.39 is 0 Å². The van der Waals surface area contributed by atoms with E-state index in [9.17, 15) is 4.79 Å². The molecule has 1 saturated carbocycles. The van der Waals surface area contributed by atoms with Gasteiger partial charge in [-0.2, -0.15) is 0 Å². The normalized spacial score (nSPS) is 40.2. The first kappa shape index (κ1) is 11.7. The minimum atomic E-state index is 0.105. The van der Waals surface area contributed by atoms with Gasteiger partial charge in [-0.3, -0.25) is 4.79 Å². The topological polar surface area (TPSA) is 38.3 Å². The van der Waals surface area contributed by atoms with Gasteiger partial charge in [-0.15, -0.1) is 0 Å². The van der Waals surface area contributed by atoms with E-state index in [2.05, 4.69) is 12.2 Å². The minimum absolute atomic E-state index is 0.105. The maximum absolute atomic E-state index is 12.5. The van der Waals surface area contributed by atoms with Crippen LogP contribution in [0.2, 0.25) is 0 Å². The van der Waals surface area contributed by atoms with Crippen LogP contribution >= 0.6 is 0 Å². The van der Waals surface area contributed by atoms with Gasteiger partial charge in [0.25, 0.3) is 0 Å². The van der Waals surface area contributed by atoms with Crippen LogP contribution in [-0.2, 0) is 9.53 Å². The number of ether oxygens (including phenoxy) is 1. The Bertz CT molecular complexity index is 311. The van der Waals surface area contributed by atoms with Crippen molar-refractivity contribution in [3.05, 3.63) is 0 Å². The molecule has 0 bridgehead atoms. The Morgan fingerprint density at radius 1 is 1.35 bits per heavy atom. The fraction of sp³-hybridized carbons (Fsp3) is 0.929. The standard InChI is InChI=1S/C14H23NO2/c1-10-8-15-9-12(10)13(16)11-3-6-17-14(7-11)4-2-5-14/h10-12,15H,2-9H2,1H3. The largest absolute Gasteiger partial charge is 0.375 e. The van der Waals surface area contributed by atoms with Crippen molar-refractivity contribution in [3.63, 3.8) is 0 Å². The number of carbonyl (C=O) groups excluding carboxylic acids is 1. The first-order valence-corrected chi connectivity index (χ1v) is 7.09. The number of nitrogens with one attached hydrogen (secondary N) is 1. The van der Waals surface area contributed by atoms with Crippen molar-refractivity contribution in [1.82, 2.24) is 5.32 Å². The molecule has 2 heterocycles. The Morgan fingerprint density at radius 2 is 2.18 bits per heavy atom. The van der Waals surface area contributed by atoms with E-state index in [1.165, 1.54) is 19.3 Å². The van der Waals surface area contributed by atoms with E-state index in [1.807, 2.05) is 0 Å². The van der Waals surface area contributed by atoms with Gasteiger partial charge in [-0.25, -0.2) is 0 Å². The molecule has 3 rings (SSSR count). The highest BCUT2D eigenvalue weighted by molar-refractivity contribution is 5.84. The monoisotopic (exact) mass is 237 g/mol. The van der Waals surface area contributed by atoms with Gasteiger partial charge in [0, 0.05) is 25.0 Å². The second-order valence-corrected chi connectivity index (χ2v) is 6.22. The van der Waals surface area contributed by atoms with Crippen LogP contribution in [0.3, 0.4) is 0 Å². The maximum Gasteiger partial charge on any atom is 0.140 e. The Balaban J connectivity index is 1.65. The van der Waals surface area contributed by atoms with Crippen molar-refractivity contribution in [2.75, 3.05) is 19.7 Å². The number of hydrogen-bond donors (Lipinski definition) is 1. The first-order chi connectivity index (χ1) is 8.20. The fourth-order valence-electron chi connectivity index (χ4n) is 3.68. The SMILES string of the molecule is CC1CNCC1C(=O)C1CCOC2(CCC2)C1. The van der Waals surface area contributed by atoms with Gasteiger partial charge in [0.05, 0.1) is 5.60 Å². The summed E-state index contributed by atoms with van der Waals surface area (Å²) in [5.41, 5.74) is 0.105. The molecule has 17 heavy (non-hydrogen) atoms. The molecule has 1 spiro atoms. The lowest BCUT2D eigenvalue weighted by Gasteiger charge is -2.47. The lowest BCUT2D eigenvalue weighted by Crippen LogP contribution is -2.48. The van der Waals surface area contributed by atoms with Gasteiger partial charge in [0.15, 0.2) is 0 Å². The summed E-state index contributed by atoms with van der Waals surface area (Å²) in [4.78, 5) is 12.5. The third-order valence-electron chi connectivity index (χ3n) is 5.04. The number of rotatable bonds is 2. The summed E-state index contributed by atoms with van der Waals surface area (Å²) in [6.45, 7) is 4.89. The lowest BCUT2D eigenvalue weighted by atomic mass is 9.69. The number of ketones is 1. The summed E-state index contributed by atoms with van der Waals surface area (Å²) in [6, 6.07) is 0. The van der Waals surface area contributed by atoms with Gasteiger partial charge in [0.2, 0.25) is 0 Å². The zero-order chi connectivity index (χ0) is 11.9. The average Bonchev–Trinajstić information content (AvgIpc) is 2.73. The van der Waals surface area contributed by atoms with Crippen LogP contribution in [0.5, 0.6) is 0 Å². The molecule has 3 atom stereocenters. The molecule has 2 saturated heterocycles. The molecule has 0 amide bonds. The van der Waals surface area contributed by atoms with Crippen molar-refractivity contribution in [2.45, 2.75) is 44.6 Å². The number of hydrogen-bond acceptors (Lipinski definition) is 3. The molecule has 96 valence electrons. The van der Waals surface area contributed by atoms with Gasteiger partial charge in [-0.05, 0) is 44.6 Å². The van der Waals surface area contributed by atoms with Crippen molar-refractivity contribution >= 4 is 5.78 Å². The zero-order valence-corrected chi connectivity index (χ0v) is 10.7. The van der Waals surface area contributed by atoms with E-state index in [4.69, 9.17) is 4.74 Å². The summed E-state index contributed by atoms with van der Waals surface area (Å²) in [5.74, 6) is 1.56. The van der Waals surface area contributed by atoms with Gasteiger partial charge in [0.1, 0.15) is 5.78 Å². The van der Waals surface area contributed by atoms with E-state index >= 15 is 0 Å². The van der Waals surface area contributed by atoms with Crippen molar-refractivity contribution in [3.8, 4) is 0 Å². The quantitative estimate of drug-likeness (QED) is 0.795. The molecule has 2 aliphatic heterocycles. The molecule has 0 radical (unpaired) electrons. The van der Waals surface area contributed by atoms with Crippen LogP contribution in [0.4, 0.5) is 0 Å². The molecule has 1 aliphatic carbocycles. The molecule has 0 aromatic rings. The molecule has 0 aromatic heterocycles. The summed E-state index contributed by atoms with van der Waals surface area (Å²) in [7, 11) is 0. The highest BCUT2D eigenvalue weighted by Crippen LogP contribution is 2.45. The molecule has 0 aromatic carbocycles. The predicted molar refractivity (Wildman–Crippen MR) is 65.8 cm³/mol. The van der Waals surface area contributed by atoms with E-state index in [1.54, 1.807) is 0 Å². The van der Waals surface area contributed by atoms with E-state index in [-0.39, 0.29) is 17.4 Å². The van der Waals surface area contributed by atoms with Crippen LogP contribution in [0.1, 0.15) is 39.0 Å². The van der Waals surface area contributed by atoms with Crippen molar-refractivity contribution in [1.29, 1.82) is 0 Å². The highest BCUT2D eigenvalue weighted by Gasteiger charge is 2.46. The Labute approximate surface area is 103 Å². The number of Topliss-reactive ketones (excluding diaryl/α,β-unsaturated/α-hetero) is 1. The zero-order valence-electron chi connectivity index (χ0n) is 10.7. The third kappa shape index (κ3) is 2.04. The van der Waals surface area contributed by atoms with E-state index in [0.717, 1.165) is 32.5 Å². The molecular formula is C14H23NO2. The summed E-state index contributed by atoms with van der Waals surface area (Å²) in [5, 5.41) is 3.34. The molecule has 3 nitrogen and oxygen atoms in total. The minimum Gasteiger partial charge on any atom is -0.375 e. The Hall–Kier alpha value is -0.410. The Kier molecular flexibility index (Phi) is 2.99. The van der Waals surface area contributed by atoms with Gasteiger partial charge >= 0.3 is 0 Å². The summed E-state index contributed by atoms with van der Waals surface area (Å²) in [6.07, 6.45) is 5.58. The smallest absolute Gasteiger partial charge is 0.140 e. The van der Waals surface area contributed by atoms with E-state index in [0.29, 0.717) is 11.7 Å². The second kappa shape index (κ2) is 4.36. The predicted octanol–water partition coefficient (Wildman–Crippen LogP) is 1.76. The van der Waals surface area contributed by atoms with Gasteiger partial charge < -0.3 is 10.1 Å². The molecule has 3 heteroatoms. The number of carbonyl (C=O) groups is 1. The molecular weight excluding hydrogens is 214 g/mol.